The average molecular weight is 375 g/mol. The smallest absolute Gasteiger partial charge is 0.230 e. The molecule has 1 N–H and O–H groups in total. The Morgan fingerprint density at radius 3 is 2.89 bits per heavy atom. The molecule has 8 nitrogen and oxygen atoms in total. The number of hydrogen-bond donors (Lipinski definition) is 1. The molecule has 2 atom stereocenters. The fraction of sp³-hybridized carbons (Fsp3) is 0.350. The number of amides is 1. The van der Waals surface area contributed by atoms with Crippen LogP contribution in [0.25, 0.3) is 16.7 Å². The third-order valence-electron chi connectivity index (χ3n) is 5.66. The topological polar surface area (TPSA) is 92.1 Å². The van der Waals surface area contributed by atoms with Crippen LogP contribution in [-0.4, -0.2) is 53.2 Å². The van der Waals surface area contributed by atoms with Crippen molar-refractivity contribution in [2.45, 2.75) is 25.7 Å². The van der Waals surface area contributed by atoms with Crippen LogP contribution >= 0.6 is 0 Å². The molecule has 0 aromatic carbocycles. The predicted molar refractivity (Wildman–Crippen MR) is 104 cm³/mol. The van der Waals surface area contributed by atoms with Crippen molar-refractivity contribution in [3.8, 4) is 0 Å². The van der Waals surface area contributed by atoms with Crippen LogP contribution in [-0.2, 0) is 11.2 Å². The van der Waals surface area contributed by atoms with Gasteiger partial charge in [0, 0.05) is 37.6 Å². The van der Waals surface area contributed by atoms with Gasteiger partial charge in [-0.15, -0.1) is 0 Å². The number of nitrogens with zero attached hydrogens (tertiary/aromatic N) is 6. The third kappa shape index (κ3) is 2.81. The Balaban J connectivity index is 1.45. The summed E-state index contributed by atoms with van der Waals surface area (Å²) >= 11 is 0. The van der Waals surface area contributed by atoms with Crippen molar-refractivity contribution in [1.29, 1.82) is 0 Å². The zero-order valence-corrected chi connectivity index (χ0v) is 15.6. The number of piperidine rings is 1. The number of hydrogen-bond acceptors (Lipinski definition) is 5. The minimum absolute atomic E-state index is 0.0671. The molecule has 1 aliphatic rings. The molecule has 28 heavy (non-hydrogen) atoms. The van der Waals surface area contributed by atoms with E-state index >= 15 is 0 Å². The lowest BCUT2D eigenvalue weighted by Gasteiger charge is -2.36. The molecule has 1 fully saturated rings. The van der Waals surface area contributed by atoms with Crippen molar-refractivity contribution < 1.29 is 4.79 Å². The van der Waals surface area contributed by atoms with Crippen LogP contribution in [0, 0.1) is 5.92 Å². The van der Waals surface area contributed by atoms with E-state index in [0.29, 0.717) is 18.3 Å². The van der Waals surface area contributed by atoms with Crippen LogP contribution in [0.3, 0.4) is 0 Å². The molecule has 0 aliphatic carbocycles. The van der Waals surface area contributed by atoms with Crippen molar-refractivity contribution in [2.24, 2.45) is 5.92 Å². The van der Waals surface area contributed by atoms with Crippen molar-refractivity contribution in [1.82, 2.24) is 34.2 Å². The standard InChI is InChI=1S/C20H21N7O/c1-13-4-8-26(18(28)9-17-21-5-2-6-22-17)12-15(13)20-25-11-14-10-24-19-16(27(14)20)3-7-23-19/h2-3,5-7,10-11,13,15,23H,4,8-9,12H2,1H3/t13-,15?/m1/s1. The summed E-state index contributed by atoms with van der Waals surface area (Å²) in [7, 11) is 0. The molecule has 8 heteroatoms. The number of carbonyl (C=O) groups is 1. The number of nitrogens with one attached hydrogen (secondary N) is 1. The zero-order valence-electron chi connectivity index (χ0n) is 15.6. The minimum Gasteiger partial charge on any atom is -0.345 e. The van der Waals surface area contributed by atoms with Gasteiger partial charge in [0.05, 0.1) is 29.8 Å². The van der Waals surface area contributed by atoms with E-state index in [9.17, 15) is 4.79 Å². The van der Waals surface area contributed by atoms with Crippen LogP contribution in [0.4, 0.5) is 0 Å². The lowest BCUT2D eigenvalue weighted by atomic mass is 9.86. The monoisotopic (exact) mass is 375 g/mol. The van der Waals surface area contributed by atoms with Crippen LogP contribution in [0.5, 0.6) is 0 Å². The van der Waals surface area contributed by atoms with Gasteiger partial charge in [-0.3, -0.25) is 9.20 Å². The molecule has 1 amide bonds. The first-order valence-corrected chi connectivity index (χ1v) is 9.54. The first-order valence-electron chi connectivity index (χ1n) is 9.54. The molecule has 1 aliphatic heterocycles. The number of likely N-dealkylation sites (tertiary alicyclic amines) is 1. The van der Waals surface area contributed by atoms with Gasteiger partial charge in [-0.25, -0.2) is 19.9 Å². The third-order valence-corrected chi connectivity index (χ3v) is 5.66. The zero-order chi connectivity index (χ0) is 19.1. The lowest BCUT2D eigenvalue weighted by molar-refractivity contribution is -0.132. The van der Waals surface area contributed by atoms with Gasteiger partial charge in [0.1, 0.15) is 11.6 Å². The average Bonchev–Trinajstić information content (AvgIpc) is 3.35. The molecule has 0 bridgehead atoms. The van der Waals surface area contributed by atoms with E-state index in [1.165, 1.54) is 0 Å². The van der Waals surface area contributed by atoms with Crippen LogP contribution in [0.1, 0.15) is 30.9 Å². The maximum Gasteiger partial charge on any atom is 0.230 e. The van der Waals surface area contributed by atoms with E-state index in [2.05, 4.69) is 31.3 Å². The summed E-state index contributed by atoms with van der Waals surface area (Å²) in [5.74, 6) is 2.22. The summed E-state index contributed by atoms with van der Waals surface area (Å²) in [5, 5.41) is 0. The fourth-order valence-electron chi connectivity index (χ4n) is 4.06. The van der Waals surface area contributed by atoms with Crippen molar-refractivity contribution >= 4 is 22.6 Å². The Morgan fingerprint density at radius 1 is 1.21 bits per heavy atom. The molecule has 1 unspecified atom stereocenters. The van der Waals surface area contributed by atoms with Gasteiger partial charge >= 0.3 is 0 Å². The Bertz CT molecular complexity index is 1130. The second-order valence-corrected chi connectivity index (χ2v) is 7.40. The second-order valence-electron chi connectivity index (χ2n) is 7.40. The highest BCUT2D eigenvalue weighted by Gasteiger charge is 2.33. The Labute approximate surface area is 161 Å². The predicted octanol–water partition coefficient (Wildman–Crippen LogP) is 2.20. The van der Waals surface area contributed by atoms with Gasteiger partial charge in [0.2, 0.25) is 5.91 Å². The maximum absolute atomic E-state index is 12.8. The lowest BCUT2D eigenvalue weighted by Crippen LogP contribution is -2.43. The Hall–Kier alpha value is -3.29. The molecule has 0 spiro atoms. The molecule has 1 saturated heterocycles. The fourth-order valence-corrected chi connectivity index (χ4v) is 4.06. The van der Waals surface area contributed by atoms with Crippen LogP contribution in [0.2, 0.25) is 0 Å². The summed E-state index contributed by atoms with van der Waals surface area (Å²) in [5.41, 5.74) is 2.82. The van der Waals surface area contributed by atoms with E-state index in [0.717, 1.165) is 35.5 Å². The number of aromatic amines is 1. The second kappa shape index (κ2) is 6.70. The number of carbonyl (C=O) groups excluding carboxylic acids is 1. The molecule has 0 radical (unpaired) electrons. The number of fused-ring (bicyclic) bond motifs is 3. The largest absolute Gasteiger partial charge is 0.345 e. The van der Waals surface area contributed by atoms with Gasteiger partial charge in [-0.05, 0) is 24.5 Å². The van der Waals surface area contributed by atoms with Crippen molar-refractivity contribution in [3.63, 3.8) is 0 Å². The van der Waals surface area contributed by atoms with Crippen molar-refractivity contribution in [2.75, 3.05) is 13.1 Å². The first-order chi connectivity index (χ1) is 13.7. The summed E-state index contributed by atoms with van der Waals surface area (Å²) in [4.78, 5) is 35.4. The highest BCUT2D eigenvalue weighted by atomic mass is 16.2. The number of rotatable bonds is 3. The Kier molecular flexibility index (Phi) is 4.03. The molecular weight excluding hydrogens is 354 g/mol. The van der Waals surface area contributed by atoms with Crippen LogP contribution < -0.4 is 0 Å². The summed E-state index contributed by atoms with van der Waals surface area (Å²) in [6.07, 6.45) is 10.1. The maximum atomic E-state index is 12.8. The van der Waals surface area contributed by atoms with Crippen LogP contribution in [0.15, 0.2) is 43.1 Å². The molecule has 4 aromatic heterocycles. The summed E-state index contributed by atoms with van der Waals surface area (Å²) < 4.78 is 2.16. The normalized spacial score (nSPS) is 20.1. The summed E-state index contributed by atoms with van der Waals surface area (Å²) in [6, 6.07) is 3.77. The van der Waals surface area contributed by atoms with E-state index in [4.69, 9.17) is 4.98 Å². The molecule has 0 saturated carbocycles. The Morgan fingerprint density at radius 2 is 2.04 bits per heavy atom. The van der Waals surface area contributed by atoms with Gasteiger partial charge < -0.3 is 9.88 Å². The van der Waals surface area contributed by atoms with Gasteiger partial charge in [0.15, 0.2) is 5.65 Å². The van der Waals surface area contributed by atoms with E-state index in [1.807, 2.05) is 29.6 Å². The minimum atomic E-state index is 0.0671. The van der Waals surface area contributed by atoms with Gasteiger partial charge in [-0.1, -0.05) is 6.92 Å². The number of aromatic nitrogens is 6. The van der Waals surface area contributed by atoms with Gasteiger partial charge in [0.25, 0.3) is 0 Å². The molecule has 5 heterocycles. The summed E-state index contributed by atoms with van der Waals surface area (Å²) in [6.45, 7) is 3.65. The van der Waals surface area contributed by atoms with Crippen molar-refractivity contribution in [3.05, 3.63) is 54.8 Å². The number of H-pyrrole nitrogens is 1. The van der Waals surface area contributed by atoms with E-state index in [1.54, 1.807) is 18.5 Å². The molecular formula is C20H21N7O. The highest BCUT2D eigenvalue weighted by molar-refractivity contribution is 5.78. The molecule has 142 valence electrons. The SMILES string of the molecule is C[C@@H]1CCN(C(=O)Cc2ncccn2)CC1c1ncc2cnc3[nH]ccc3n12. The quantitative estimate of drug-likeness (QED) is 0.593. The highest BCUT2D eigenvalue weighted by Crippen LogP contribution is 2.33. The number of imidazole rings is 1. The molecule has 4 aromatic rings. The van der Waals surface area contributed by atoms with E-state index in [-0.39, 0.29) is 18.2 Å². The van der Waals surface area contributed by atoms with Gasteiger partial charge in [-0.2, -0.15) is 0 Å². The molecule has 5 rings (SSSR count). The van der Waals surface area contributed by atoms with E-state index < -0.39 is 0 Å². The first kappa shape index (κ1) is 16.9.